The van der Waals surface area contributed by atoms with Gasteiger partial charge in [-0.15, -0.1) is 0 Å². The van der Waals surface area contributed by atoms with Gasteiger partial charge in [-0.05, 0) is 35.6 Å². The molecule has 0 bridgehead atoms. The van der Waals surface area contributed by atoms with Crippen molar-refractivity contribution in [3.8, 4) is 0 Å². The fourth-order valence-corrected chi connectivity index (χ4v) is 1.97. The lowest BCUT2D eigenvalue weighted by Crippen LogP contribution is -2.09. The van der Waals surface area contributed by atoms with Gasteiger partial charge in [0.2, 0.25) is 0 Å². The largest absolute Gasteiger partial charge is 0.464 e. The molecule has 1 heterocycles. The molecule has 0 amide bonds. The minimum Gasteiger partial charge on any atom is -0.464 e. The van der Waals surface area contributed by atoms with Crippen LogP contribution in [0.15, 0.2) is 28.9 Å². The molecule has 0 atom stereocenters. The van der Waals surface area contributed by atoms with Gasteiger partial charge in [0.1, 0.15) is 5.58 Å². The van der Waals surface area contributed by atoms with Crippen LogP contribution in [0.5, 0.6) is 0 Å². The van der Waals surface area contributed by atoms with E-state index in [0.29, 0.717) is 17.4 Å². The Labute approximate surface area is 104 Å². The van der Waals surface area contributed by atoms with Crippen LogP contribution in [0.4, 0.5) is 13.2 Å². The minimum absolute atomic E-state index is 0.00500. The highest BCUT2D eigenvalue weighted by Gasteiger charge is 2.31. The van der Waals surface area contributed by atoms with E-state index in [2.05, 4.69) is 0 Å². The Bertz CT molecular complexity index is 558. The molecule has 1 aromatic carbocycles. The first-order chi connectivity index (χ1) is 8.17. The molecule has 4 heteroatoms. The van der Waals surface area contributed by atoms with Crippen LogP contribution in [0, 0.1) is 5.41 Å². The summed E-state index contributed by atoms with van der Waals surface area (Å²) in [5.74, 6) is 0. The van der Waals surface area contributed by atoms with Gasteiger partial charge in [-0.1, -0.05) is 20.8 Å². The second-order valence-corrected chi connectivity index (χ2v) is 5.71. The molecule has 0 saturated carbocycles. The summed E-state index contributed by atoms with van der Waals surface area (Å²) in [6.07, 6.45) is -2.08. The Morgan fingerprint density at radius 2 is 1.78 bits per heavy atom. The van der Waals surface area contributed by atoms with Crippen molar-refractivity contribution in [2.45, 2.75) is 33.4 Å². The first-order valence-corrected chi connectivity index (χ1v) is 5.74. The van der Waals surface area contributed by atoms with Gasteiger partial charge in [-0.25, -0.2) is 0 Å². The molecule has 0 aliphatic carbocycles. The van der Waals surface area contributed by atoms with Gasteiger partial charge in [0, 0.05) is 5.39 Å². The third kappa shape index (κ3) is 2.68. The minimum atomic E-state index is -4.32. The molecule has 1 nitrogen and oxygen atoms in total. The van der Waals surface area contributed by atoms with Crippen LogP contribution in [0.3, 0.4) is 0 Å². The first kappa shape index (κ1) is 13.0. The Balaban J connectivity index is 2.50. The maximum Gasteiger partial charge on any atom is 0.416 e. The van der Waals surface area contributed by atoms with Crippen LogP contribution in [-0.4, -0.2) is 0 Å². The van der Waals surface area contributed by atoms with Crippen LogP contribution in [0.25, 0.3) is 11.0 Å². The Hall–Kier alpha value is -1.45. The fraction of sp³-hybridized carbons (Fsp3) is 0.429. The van der Waals surface area contributed by atoms with E-state index in [9.17, 15) is 13.2 Å². The molecule has 0 saturated heterocycles. The molecule has 98 valence electrons. The lowest BCUT2D eigenvalue weighted by molar-refractivity contribution is -0.137. The third-order valence-corrected chi connectivity index (χ3v) is 2.70. The van der Waals surface area contributed by atoms with Crippen LogP contribution >= 0.6 is 0 Å². The molecule has 0 aliphatic rings. The zero-order chi connectivity index (χ0) is 13.6. The van der Waals surface area contributed by atoms with E-state index in [0.717, 1.165) is 11.6 Å². The topological polar surface area (TPSA) is 13.1 Å². The van der Waals surface area contributed by atoms with Gasteiger partial charge < -0.3 is 4.42 Å². The van der Waals surface area contributed by atoms with Crippen LogP contribution in [-0.2, 0) is 12.6 Å². The highest BCUT2D eigenvalue weighted by atomic mass is 19.4. The molecule has 2 aromatic rings. The summed E-state index contributed by atoms with van der Waals surface area (Å²) in [7, 11) is 0. The number of halogens is 3. The van der Waals surface area contributed by atoms with Gasteiger partial charge in [0.05, 0.1) is 11.8 Å². The zero-order valence-corrected chi connectivity index (χ0v) is 10.6. The fourth-order valence-electron chi connectivity index (χ4n) is 1.97. The molecule has 0 aliphatic heterocycles. The maximum absolute atomic E-state index is 12.7. The lowest BCUT2D eigenvalue weighted by Gasteiger charge is -2.17. The van der Waals surface area contributed by atoms with Crippen molar-refractivity contribution < 1.29 is 17.6 Å². The van der Waals surface area contributed by atoms with Crippen molar-refractivity contribution in [1.29, 1.82) is 0 Å². The highest BCUT2D eigenvalue weighted by molar-refractivity contribution is 5.82. The molecule has 2 rings (SSSR count). The molecule has 18 heavy (non-hydrogen) atoms. The number of furan rings is 1. The first-order valence-electron chi connectivity index (χ1n) is 5.74. The van der Waals surface area contributed by atoms with Crippen molar-refractivity contribution in [2.24, 2.45) is 5.41 Å². The van der Waals surface area contributed by atoms with Gasteiger partial charge in [0.15, 0.2) is 0 Å². The Kier molecular flexibility index (Phi) is 2.92. The van der Waals surface area contributed by atoms with Gasteiger partial charge >= 0.3 is 6.18 Å². The van der Waals surface area contributed by atoms with E-state index in [-0.39, 0.29) is 5.41 Å². The highest BCUT2D eigenvalue weighted by Crippen LogP contribution is 2.34. The molecule has 0 spiro atoms. The van der Waals surface area contributed by atoms with Gasteiger partial charge in [0.25, 0.3) is 0 Å². The Morgan fingerprint density at radius 3 is 2.33 bits per heavy atom. The predicted octanol–water partition coefficient (Wildman–Crippen LogP) is 5.04. The summed E-state index contributed by atoms with van der Waals surface area (Å²) >= 11 is 0. The summed E-state index contributed by atoms with van der Waals surface area (Å²) in [5, 5.41) is 0.555. The van der Waals surface area contributed by atoms with E-state index in [1.54, 1.807) is 6.26 Å². The maximum atomic E-state index is 12.7. The van der Waals surface area contributed by atoms with Gasteiger partial charge in [-0.2, -0.15) is 13.2 Å². The standard InChI is InChI=1S/C14H15F3O/c1-13(2,3)7-9-8-18-12-5-4-10(6-11(9)12)14(15,16)17/h4-6,8H,7H2,1-3H3. The van der Waals surface area contributed by atoms with Crippen LogP contribution in [0.2, 0.25) is 0 Å². The van der Waals surface area contributed by atoms with Crippen LogP contribution < -0.4 is 0 Å². The lowest BCUT2D eigenvalue weighted by atomic mass is 9.88. The molecule has 0 radical (unpaired) electrons. The second kappa shape index (κ2) is 4.04. The average Bonchev–Trinajstić information content (AvgIpc) is 2.57. The second-order valence-electron chi connectivity index (χ2n) is 5.71. The molecular formula is C14H15F3O. The summed E-state index contributed by atoms with van der Waals surface area (Å²) in [6, 6.07) is 3.59. The van der Waals surface area contributed by atoms with E-state index < -0.39 is 11.7 Å². The number of hydrogen-bond acceptors (Lipinski definition) is 1. The number of fused-ring (bicyclic) bond motifs is 1. The van der Waals surface area contributed by atoms with Crippen molar-refractivity contribution >= 4 is 11.0 Å². The molecule has 0 N–H and O–H groups in total. The van der Waals surface area contributed by atoms with E-state index in [1.165, 1.54) is 12.1 Å². The molecular weight excluding hydrogens is 241 g/mol. The molecule has 0 fully saturated rings. The Morgan fingerprint density at radius 1 is 1.11 bits per heavy atom. The predicted molar refractivity (Wildman–Crippen MR) is 64.4 cm³/mol. The monoisotopic (exact) mass is 256 g/mol. The van der Waals surface area contributed by atoms with Crippen molar-refractivity contribution in [3.05, 3.63) is 35.6 Å². The van der Waals surface area contributed by atoms with Crippen molar-refractivity contribution in [1.82, 2.24) is 0 Å². The van der Waals surface area contributed by atoms with Gasteiger partial charge in [-0.3, -0.25) is 0 Å². The average molecular weight is 256 g/mol. The molecule has 1 aromatic heterocycles. The molecule has 0 unspecified atom stereocenters. The smallest absolute Gasteiger partial charge is 0.416 e. The third-order valence-electron chi connectivity index (χ3n) is 2.70. The number of alkyl halides is 3. The number of rotatable bonds is 1. The van der Waals surface area contributed by atoms with Crippen LogP contribution in [0.1, 0.15) is 31.9 Å². The quantitative estimate of drug-likeness (QED) is 0.696. The zero-order valence-electron chi connectivity index (χ0n) is 10.6. The summed E-state index contributed by atoms with van der Waals surface area (Å²) in [6.45, 7) is 6.12. The summed E-state index contributed by atoms with van der Waals surface area (Å²) in [5.41, 5.74) is 0.697. The van der Waals surface area contributed by atoms with Crippen molar-refractivity contribution in [2.75, 3.05) is 0 Å². The summed E-state index contributed by atoms with van der Waals surface area (Å²) < 4.78 is 43.3. The normalized spacial score (nSPS) is 13.2. The van der Waals surface area contributed by atoms with E-state index in [1.807, 2.05) is 20.8 Å². The summed E-state index contributed by atoms with van der Waals surface area (Å²) in [4.78, 5) is 0. The number of benzene rings is 1. The van der Waals surface area contributed by atoms with Crippen molar-refractivity contribution in [3.63, 3.8) is 0 Å². The van der Waals surface area contributed by atoms with E-state index in [4.69, 9.17) is 4.42 Å². The van der Waals surface area contributed by atoms with E-state index >= 15 is 0 Å². The number of hydrogen-bond donors (Lipinski definition) is 0. The SMILES string of the molecule is CC(C)(C)Cc1coc2ccc(C(F)(F)F)cc12.